The van der Waals surface area contributed by atoms with E-state index in [9.17, 15) is 4.79 Å². The van der Waals surface area contributed by atoms with E-state index in [4.69, 9.17) is 4.74 Å². The van der Waals surface area contributed by atoms with Crippen molar-refractivity contribution in [2.75, 3.05) is 26.2 Å². The second kappa shape index (κ2) is 8.33. The smallest absolute Gasteiger partial charge is 0.159 e. The minimum absolute atomic E-state index is 0.0855. The molecule has 1 saturated heterocycles. The van der Waals surface area contributed by atoms with E-state index in [0.29, 0.717) is 0 Å². The molecule has 0 spiro atoms. The molecular weight excluding hydrogens is 274 g/mol. The number of hydrogen-bond donors (Lipinski definition) is 1. The van der Waals surface area contributed by atoms with Crippen molar-refractivity contribution < 1.29 is 14.4 Å². The summed E-state index contributed by atoms with van der Waals surface area (Å²) < 4.78 is 5.77. The highest BCUT2D eigenvalue weighted by Gasteiger charge is 2.24. The summed E-state index contributed by atoms with van der Waals surface area (Å²) in [4.78, 5) is 13.1. The molecule has 3 nitrogen and oxygen atoms in total. The van der Waals surface area contributed by atoms with Crippen LogP contribution in [0, 0.1) is 11.8 Å². The first-order chi connectivity index (χ1) is 10.5. The van der Waals surface area contributed by atoms with Gasteiger partial charge in [-0.25, -0.2) is 0 Å². The number of hydrogen-bond acceptors (Lipinski definition) is 2. The molecule has 122 valence electrons. The number of ketones is 1. The highest BCUT2D eigenvalue weighted by atomic mass is 16.5. The van der Waals surface area contributed by atoms with Gasteiger partial charge in [-0.15, -0.1) is 0 Å². The predicted molar refractivity (Wildman–Crippen MR) is 89.7 cm³/mol. The maximum absolute atomic E-state index is 11.3. The molecule has 1 aliphatic heterocycles. The molecule has 22 heavy (non-hydrogen) atoms. The van der Waals surface area contributed by atoms with Crippen LogP contribution in [0.1, 0.15) is 50.4 Å². The minimum atomic E-state index is 0.0855. The molecule has 0 saturated carbocycles. The van der Waals surface area contributed by atoms with Crippen molar-refractivity contribution in [2.24, 2.45) is 11.8 Å². The van der Waals surface area contributed by atoms with E-state index in [0.717, 1.165) is 36.2 Å². The molecule has 1 fully saturated rings. The van der Waals surface area contributed by atoms with E-state index >= 15 is 0 Å². The van der Waals surface area contributed by atoms with Crippen molar-refractivity contribution in [3.05, 3.63) is 29.8 Å². The fourth-order valence-corrected chi connectivity index (χ4v) is 3.60. The van der Waals surface area contributed by atoms with Crippen molar-refractivity contribution in [1.29, 1.82) is 0 Å². The van der Waals surface area contributed by atoms with E-state index < -0.39 is 0 Å². The molecule has 2 atom stereocenters. The summed E-state index contributed by atoms with van der Waals surface area (Å²) in [5.41, 5.74) is 0.721. The van der Waals surface area contributed by atoms with Gasteiger partial charge in [0.15, 0.2) is 5.78 Å². The van der Waals surface area contributed by atoms with Crippen LogP contribution in [0.15, 0.2) is 24.3 Å². The van der Waals surface area contributed by atoms with Crippen molar-refractivity contribution in [2.45, 2.75) is 40.0 Å². The lowest BCUT2D eigenvalue weighted by Crippen LogP contribution is -3.14. The molecule has 0 bridgehead atoms. The highest BCUT2D eigenvalue weighted by Crippen LogP contribution is 2.14. The van der Waals surface area contributed by atoms with E-state index in [1.807, 2.05) is 24.3 Å². The Hall–Kier alpha value is -1.35. The topological polar surface area (TPSA) is 30.7 Å². The Kier molecular flexibility index (Phi) is 6.44. The molecule has 0 unspecified atom stereocenters. The van der Waals surface area contributed by atoms with Gasteiger partial charge in [0, 0.05) is 17.4 Å². The Labute approximate surface area is 134 Å². The summed E-state index contributed by atoms with van der Waals surface area (Å²) in [5.74, 6) is 2.62. The third-order valence-electron chi connectivity index (χ3n) is 4.51. The van der Waals surface area contributed by atoms with Gasteiger partial charge in [0.05, 0.1) is 26.2 Å². The van der Waals surface area contributed by atoms with Gasteiger partial charge < -0.3 is 9.64 Å². The third-order valence-corrected chi connectivity index (χ3v) is 4.51. The monoisotopic (exact) mass is 304 g/mol. The molecule has 1 aliphatic rings. The van der Waals surface area contributed by atoms with Gasteiger partial charge >= 0.3 is 0 Å². The Bertz CT molecular complexity index is 476. The summed E-state index contributed by atoms with van der Waals surface area (Å²) in [7, 11) is 0. The zero-order valence-electron chi connectivity index (χ0n) is 14.2. The Morgan fingerprint density at radius 2 is 1.95 bits per heavy atom. The molecule has 1 N–H and O–H groups in total. The lowest BCUT2D eigenvalue weighted by Gasteiger charge is -2.32. The normalized spacial score (nSPS) is 25.0. The molecule has 1 heterocycles. The van der Waals surface area contributed by atoms with Crippen molar-refractivity contribution in [3.63, 3.8) is 0 Å². The first-order valence-electron chi connectivity index (χ1n) is 8.62. The van der Waals surface area contributed by atoms with Crippen LogP contribution >= 0.6 is 0 Å². The second-order valence-corrected chi connectivity index (χ2v) is 6.99. The molecule has 3 heteroatoms. The molecular formula is C19H30NO2+. The minimum Gasteiger partial charge on any atom is -0.494 e. The first-order valence-corrected chi connectivity index (χ1v) is 8.62. The fourth-order valence-electron chi connectivity index (χ4n) is 3.60. The van der Waals surface area contributed by atoms with Gasteiger partial charge in [0.25, 0.3) is 0 Å². The van der Waals surface area contributed by atoms with Gasteiger partial charge in [-0.3, -0.25) is 4.79 Å². The van der Waals surface area contributed by atoms with Gasteiger partial charge in [-0.1, -0.05) is 26.0 Å². The molecule has 0 aromatic heterocycles. The number of carbonyl (C=O) groups is 1. The van der Waals surface area contributed by atoms with Crippen LogP contribution in [-0.4, -0.2) is 32.0 Å². The number of piperidine rings is 1. The zero-order chi connectivity index (χ0) is 15.9. The number of unbranched alkanes of at least 4 members (excludes halogenated alkanes) is 1. The molecule has 2 rings (SSSR count). The van der Waals surface area contributed by atoms with Crippen molar-refractivity contribution in [1.82, 2.24) is 0 Å². The number of likely N-dealkylation sites (tertiary alicyclic amines) is 1. The maximum Gasteiger partial charge on any atom is 0.159 e. The summed E-state index contributed by atoms with van der Waals surface area (Å²) >= 11 is 0. The average molecular weight is 304 g/mol. The van der Waals surface area contributed by atoms with Crippen molar-refractivity contribution >= 4 is 5.78 Å². The van der Waals surface area contributed by atoms with Gasteiger partial charge in [0.1, 0.15) is 5.75 Å². The Morgan fingerprint density at radius 1 is 1.23 bits per heavy atom. The van der Waals surface area contributed by atoms with Crippen LogP contribution < -0.4 is 9.64 Å². The summed E-state index contributed by atoms with van der Waals surface area (Å²) in [6, 6.07) is 7.47. The number of benzene rings is 1. The standard InChI is InChI=1S/C19H29NO2/c1-15-11-16(2)14-20(13-15)9-4-5-10-22-19-8-6-7-18(12-19)17(3)21/h6-8,12,15-16H,4-5,9-11,13-14H2,1-3H3/p+1/t15-,16-/m0/s1. The number of carbonyl (C=O) groups excluding carboxylic acids is 1. The fraction of sp³-hybridized carbons (Fsp3) is 0.632. The number of quaternary nitrogens is 1. The van der Waals surface area contributed by atoms with Crippen LogP contribution in [0.5, 0.6) is 5.75 Å². The largest absolute Gasteiger partial charge is 0.494 e. The van der Waals surface area contributed by atoms with E-state index in [2.05, 4.69) is 13.8 Å². The molecule has 1 aromatic rings. The Balaban J connectivity index is 1.65. The van der Waals surface area contributed by atoms with Crippen LogP contribution in [0.2, 0.25) is 0 Å². The van der Waals surface area contributed by atoms with Crippen LogP contribution in [0.25, 0.3) is 0 Å². The first kappa shape index (κ1) is 17.0. The number of Topliss-reactive ketones (excluding diaryl/α,β-unsaturated/α-hetero) is 1. The summed E-state index contributed by atoms with van der Waals surface area (Å²) in [6.07, 6.45) is 3.68. The lowest BCUT2D eigenvalue weighted by atomic mass is 9.92. The molecule has 0 aliphatic carbocycles. The number of ether oxygens (including phenoxy) is 1. The highest BCUT2D eigenvalue weighted by molar-refractivity contribution is 5.94. The van der Waals surface area contributed by atoms with Gasteiger partial charge in [-0.2, -0.15) is 0 Å². The zero-order valence-corrected chi connectivity index (χ0v) is 14.2. The quantitative estimate of drug-likeness (QED) is 0.620. The van der Waals surface area contributed by atoms with E-state index in [1.54, 1.807) is 11.8 Å². The molecule has 0 amide bonds. The van der Waals surface area contributed by atoms with Crippen LogP contribution in [0.3, 0.4) is 0 Å². The Morgan fingerprint density at radius 3 is 2.64 bits per heavy atom. The van der Waals surface area contributed by atoms with Gasteiger partial charge in [-0.05, 0) is 38.3 Å². The van der Waals surface area contributed by atoms with Crippen LogP contribution in [-0.2, 0) is 0 Å². The van der Waals surface area contributed by atoms with E-state index in [1.165, 1.54) is 32.5 Å². The summed E-state index contributed by atoms with van der Waals surface area (Å²) in [5, 5.41) is 0. The average Bonchev–Trinajstić information content (AvgIpc) is 2.46. The second-order valence-electron chi connectivity index (χ2n) is 6.99. The van der Waals surface area contributed by atoms with Crippen LogP contribution in [0.4, 0.5) is 0 Å². The maximum atomic E-state index is 11.3. The molecule has 1 aromatic carbocycles. The van der Waals surface area contributed by atoms with E-state index in [-0.39, 0.29) is 5.78 Å². The number of nitrogens with one attached hydrogen (secondary N) is 1. The van der Waals surface area contributed by atoms with Crippen molar-refractivity contribution in [3.8, 4) is 5.75 Å². The summed E-state index contributed by atoms with van der Waals surface area (Å²) in [6.45, 7) is 11.0. The SMILES string of the molecule is CC(=O)c1cccc(OCCCC[NH+]2C[C@@H](C)C[C@H](C)C2)c1. The lowest BCUT2D eigenvalue weighted by molar-refractivity contribution is -0.912. The number of rotatable bonds is 7. The molecule has 0 radical (unpaired) electrons. The third kappa shape index (κ3) is 5.45. The van der Waals surface area contributed by atoms with Gasteiger partial charge in [0.2, 0.25) is 0 Å². The predicted octanol–water partition coefficient (Wildman–Crippen LogP) is 2.61.